The average Bonchev–Trinajstić information content (AvgIpc) is 3.39. The van der Waals surface area contributed by atoms with Crippen molar-refractivity contribution in [1.29, 1.82) is 0 Å². The number of benzene rings is 1. The first-order valence-electron chi connectivity index (χ1n) is 10.1. The highest BCUT2D eigenvalue weighted by Crippen LogP contribution is 2.34. The monoisotopic (exact) mass is 412 g/mol. The van der Waals surface area contributed by atoms with E-state index in [-0.39, 0.29) is 5.75 Å². The second-order valence-electron chi connectivity index (χ2n) is 7.47. The molecular formula is C22H25FN4OS. The Labute approximate surface area is 174 Å². The maximum Gasteiger partial charge on any atom is 0.151 e. The molecule has 3 heterocycles. The summed E-state index contributed by atoms with van der Waals surface area (Å²) in [4.78, 5) is 7.55. The van der Waals surface area contributed by atoms with E-state index in [9.17, 15) is 9.50 Å². The summed E-state index contributed by atoms with van der Waals surface area (Å²) in [6, 6.07) is 9.54. The number of phenols is 1. The molecule has 0 radical (unpaired) electrons. The van der Waals surface area contributed by atoms with E-state index in [0.717, 1.165) is 53.6 Å². The molecule has 1 aliphatic carbocycles. The largest absolute Gasteiger partial charge is 0.507 e. The summed E-state index contributed by atoms with van der Waals surface area (Å²) in [5.41, 5.74) is 2.34. The zero-order valence-corrected chi connectivity index (χ0v) is 17.3. The molecule has 1 aromatic carbocycles. The molecule has 0 amide bonds. The fourth-order valence-corrected chi connectivity index (χ4v) is 4.11. The van der Waals surface area contributed by atoms with Gasteiger partial charge in [0.25, 0.3) is 0 Å². The minimum absolute atomic E-state index is 0.210. The van der Waals surface area contributed by atoms with Crippen molar-refractivity contribution < 1.29 is 9.50 Å². The van der Waals surface area contributed by atoms with Gasteiger partial charge in [0.2, 0.25) is 0 Å². The number of rotatable bonds is 3. The quantitative estimate of drug-likeness (QED) is 0.625. The topological polar surface area (TPSA) is 62.1 Å². The number of alkyl halides is 1. The van der Waals surface area contributed by atoms with E-state index < -0.39 is 6.17 Å². The van der Waals surface area contributed by atoms with Crippen molar-refractivity contribution in [3.63, 3.8) is 0 Å². The maximum atomic E-state index is 11.5. The molecule has 5 rings (SSSR count). The Morgan fingerprint density at radius 2 is 1.83 bits per heavy atom. The van der Waals surface area contributed by atoms with Crippen LogP contribution in [0.3, 0.4) is 0 Å². The van der Waals surface area contributed by atoms with E-state index in [1.165, 1.54) is 12.8 Å². The predicted molar refractivity (Wildman–Crippen MR) is 115 cm³/mol. The summed E-state index contributed by atoms with van der Waals surface area (Å²) in [7, 11) is 0. The molecule has 0 unspecified atom stereocenters. The molecule has 0 atom stereocenters. The summed E-state index contributed by atoms with van der Waals surface area (Å²) in [6.45, 7) is 4.06. The fraction of sp³-hybridized carbons (Fsp3) is 0.409. The van der Waals surface area contributed by atoms with Crippen LogP contribution >= 0.6 is 11.3 Å². The second kappa shape index (κ2) is 8.86. The predicted octanol–water partition coefficient (Wildman–Crippen LogP) is 5.39. The molecule has 5 nitrogen and oxygen atoms in total. The molecule has 0 bridgehead atoms. The molecule has 2 aliphatic rings. The van der Waals surface area contributed by atoms with E-state index in [1.54, 1.807) is 17.4 Å². The Hall–Kier alpha value is -2.54. The number of phenolic OH excluding ortho intramolecular Hbond substituents is 1. The van der Waals surface area contributed by atoms with Crippen molar-refractivity contribution >= 4 is 17.2 Å². The third-order valence-corrected chi connectivity index (χ3v) is 6.26. The van der Waals surface area contributed by atoms with Crippen molar-refractivity contribution in [3.05, 3.63) is 41.5 Å². The molecule has 1 aliphatic heterocycles. The molecule has 29 heavy (non-hydrogen) atoms. The number of nitrogens with zero attached hydrogens (tertiary/aromatic N) is 4. The molecule has 0 spiro atoms. The lowest BCUT2D eigenvalue weighted by atomic mass is 9.98. The van der Waals surface area contributed by atoms with Crippen LogP contribution in [0, 0.1) is 6.92 Å². The van der Waals surface area contributed by atoms with Crippen LogP contribution in [-0.2, 0) is 0 Å². The first-order valence-corrected chi connectivity index (χ1v) is 10.9. The van der Waals surface area contributed by atoms with Crippen LogP contribution in [0.15, 0.2) is 36.5 Å². The highest BCUT2D eigenvalue weighted by atomic mass is 32.1. The molecule has 2 fully saturated rings. The van der Waals surface area contributed by atoms with Gasteiger partial charge in [-0.25, -0.2) is 9.37 Å². The normalized spacial score (nSPS) is 16.3. The van der Waals surface area contributed by atoms with E-state index in [1.807, 2.05) is 37.4 Å². The van der Waals surface area contributed by atoms with E-state index in [2.05, 4.69) is 20.1 Å². The van der Waals surface area contributed by atoms with Gasteiger partial charge in [-0.3, -0.25) is 0 Å². The second-order valence-corrected chi connectivity index (χ2v) is 8.71. The van der Waals surface area contributed by atoms with Crippen molar-refractivity contribution in [3.8, 4) is 27.4 Å². The van der Waals surface area contributed by atoms with Crippen molar-refractivity contribution in [2.45, 2.75) is 45.2 Å². The van der Waals surface area contributed by atoms with E-state index >= 15 is 0 Å². The molecule has 2 aromatic heterocycles. The highest BCUT2D eigenvalue weighted by molar-refractivity contribution is 7.15. The van der Waals surface area contributed by atoms with Gasteiger partial charge >= 0.3 is 0 Å². The molecule has 152 valence electrons. The standard InChI is InChI=1S/C18H18N4OS.C4H7F/c1-12-19-11-17(24-12)13-4-5-14(16(23)10-13)15-6-7-18(21-20-15)22-8-2-3-9-22;5-4-2-1-3-4/h4-7,10-11,23H,2-3,8-9H2,1H3;4H,1-3H2. The van der Waals surface area contributed by atoms with Crippen LogP contribution in [0.25, 0.3) is 21.7 Å². The third kappa shape index (κ3) is 4.72. The van der Waals surface area contributed by atoms with Crippen LogP contribution in [0.1, 0.15) is 37.1 Å². The third-order valence-electron chi connectivity index (χ3n) is 5.29. The van der Waals surface area contributed by atoms with Gasteiger partial charge in [0.05, 0.1) is 15.6 Å². The summed E-state index contributed by atoms with van der Waals surface area (Å²) in [6.07, 6.45) is 6.57. The van der Waals surface area contributed by atoms with Crippen LogP contribution in [-0.4, -0.2) is 39.5 Å². The Balaban J connectivity index is 0.000000359. The highest BCUT2D eigenvalue weighted by Gasteiger charge is 2.15. The van der Waals surface area contributed by atoms with Gasteiger partial charge in [0.15, 0.2) is 5.82 Å². The van der Waals surface area contributed by atoms with Crippen LogP contribution in [0.4, 0.5) is 10.2 Å². The lowest BCUT2D eigenvalue weighted by Crippen LogP contribution is -2.19. The van der Waals surface area contributed by atoms with Crippen LogP contribution < -0.4 is 4.90 Å². The van der Waals surface area contributed by atoms with Gasteiger partial charge in [0.1, 0.15) is 11.9 Å². The van der Waals surface area contributed by atoms with Gasteiger partial charge in [-0.15, -0.1) is 21.5 Å². The molecular weight excluding hydrogens is 387 g/mol. The first kappa shape index (κ1) is 19.8. The van der Waals surface area contributed by atoms with Gasteiger partial charge in [-0.2, -0.15) is 0 Å². The molecule has 1 N–H and O–H groups in total. The lowest BCUT2D eigenvalue weighted by Gasteiger charge is -2.15. The van der Waals surface area contributed by atoms with Crippen molar-refractivity contribution in [2.75, 3.05) is 18.0 Å². The van der Waals surface area contributed by atoms with E-state index in [0.29, 0.717) is 11.3 Å². The smallest absolute Gasteiger partial charge is 0.151 e. The molecule has 1 saturated carbocycles. The minimum atomic E-state index is -0.435. The summed E-state index contributed by atoms with van der Waals surface area (Å²) >= 11 is 1.61. The number of aromatic nitrogens is 3. The summed E-state index contributed by atoms with van der Waals surface area (Å²) in [5, 5.41) is 20.0. The molecule has 3 aromatic rings. The Kier molecular flexibility index (Phi) is 6.04. The number of aromatic hydroxyl groups is 1. The molecule has 7 heteroatoms. The number of halogens is 1. The summed E-state index contributed by atoms with van der Waals surface area (Å²) in [5.74, 6) is 1.12. The fourth-order valence-electron chi connectivity index (χ4n) is 3.34. The van der Waals surface area contributed by atoms with Gasteiger partial charge in [-0.05, 0) is 68.9 Å². The van der Waals surface area contributed by atoms with Gasteiger partial charge < -0.3 is 10.0 Å². The van der Waals surface area contributed by atoms with Crippen LogP contribution in [0.2, 0.25) is 0 Å². The lowest BCUT2D eigenvalue weighted by molar-refractivity contribution is 0.211. The zero-order chi connectivity index (χ0) is 20.2. The maximum absolute atomic E-state index is 11.5. The van der Waals surface area contributed by atoms with Gasteiger partial charge in [-0.1, -0.05) is 6.07 Å². The Bertz CT molecular complexity index is 950. The Morgan fingerprint density at radius 3 is 2.34 bits per heavy atom. The van der Waals surface area contributed by atoms with Crippen molar-refractivity contribution in [1.82, 2.24) is 15.2 Å². The number of hydrogen-bond acceptors (Lipinski definition) is 6. The average molecular weight is 413 g/mol. The van der Waals surface area contributed by atoms with Crippen molar-refractivity contribution in [2.24, 2.45) is 0 Å². The van der Waals surface area contributed by atoms with E-state index in [4.69, 9.17) is 0 Å². The minimum Gasteiger partial charge on any atom is -0.507 e. The summed E-state index contributed by atoms with van der Waals surface area (Å²) < 4.78 is 11.5. The number of anilines is 1. The molecule has 1 saturated heterocycles. The number of thiazole rings is 1. The zero-order valence-electron chi connectivity index (χ0n) is 16.5. The first-order chi connectivity index (χ1) is 14.1. The number of hydrogen-bond donors (Lipinski definition) is 1. The Morgan fingerprint density at radius 1 is 1.07 bits per heavy atom. The van der Waals surface area contributed by atoms with Gasteiger partial charge in [0, 0.05) is 24.8 Å². The SMILES string of the molecule is Cc1ncc(-c2ccc(-c3ccc(N4CCCC4)nn3)c(O)c2)s1.FC1CCC1. The van der Waals surface area contributed by atoms with Crippen LogP contribution in [0.5, 0.6) is 5.75 Å². The number of aryl methyl sites for hydroxylation is 1.